The number of hydrogen-bond donors (Lipinski definition) is 0. The molecule has 0 unspecified atom stereocenters. The molecule has 0 N–H and O–H groups in total. The molecule has 0 aliphatic heterocycles. The van der Waals surface area contributed by atoms with Crippen LogP contribution in [0.15, 0.2) is 55.1 Å². The molecule has 2 heteroatoms. The molecule has 0 radical (unpaired) electrons. The maximum atomic E-state index is 4.40. The molecule has 30 heavy (non-hydrogen) atoms. The van der Waals surface area contributed by atoms with Gasteiger partial charge in [0.1, 0.15) is 0 Å². The molecule has 0 spiro atoms. The summed E-state index contributed by atoms with van der Waals surface area (Å²) in [6, 6.07) is 19.4. The first-order valence-corrected chi connectivity index (χ1v) is 12.0. The summed E-state index contributed by atoms with van der Waals surface area (Å²) < 4.78 is 0. The van der Waals surface area contributed by atoms with E-state index in [-0.39, 0.29) is 0 Å². The maximum Gasteiger partial charge on any atom is 0.0366 e. The van der Waals surface area contributed by atoms with Crippen molar-refractivity contribution in [3.8, 4) is 0 Å². The molecule has 0 amide bonds. The molecule has 2 aromatic carbocycles. The third-order valence-electron chi connectivity index (χ3n) is 7.49. The molecule has 0 atom stereocenters. The molecule has 0 aromatic heterocycles. The Morgan fingerprint density at radius 3 is 1.27 bits per heavy atom. The van der Waals surface area contributed by atoms with E-state index in [1.54, 1.807) is 0 Å². The van der Waals surface area contributed by atoms with Crippen molar-refractivity contribution in [2.45, 2.75) is 76.3 Å². The third-order valence-corrected chi connectivity index (χ3v) is 7.49. The lowest BCUT2D eigenvalue weighted by Crippen LogP contribution is -2.33. The quantitative estimate of drug-likeness (QED) is 0.500. The molecule has 4 rings (SSSR count). The number of anilines is 2. The van der Waals surface area contributed by atoms with E-state index in [0.29, 0.717) is 12.1 Å². The van der Waals surface area contributed by atoms with Crippen LogP contribution < -0.4 is 9.80 Å². The first-order valence-electron chi connectivity index (χ1n) is 12.0. The zero-order valence-corrected chi connectivity index (χ0v) is 18.9. The van der Waals surface area contributed by atoms with Crippen molar-refractivity contribution >= 4 is 16.9 Å². The summed E-state index contributed by atoms with van der Waals surface area (Å²) >= 11 is 0. The summed E-state index contributed by atoms with van der Waals surface area (Å²) in [7, 11) is 4.50. The molecule has 2 nitrogen and oxygen atoms in total. The monoisotopic (exact) mass is 402 g/mol. The number of rotatable bonds is 6. The predicted octanol–water partition coefficient (Wildman–Crippen LogP) is 7.29. The van der Waals surface area contributed by atoms with Crippen LogP contribution in [0.1, 0.15) is 75.3 Å². The Bertz CT molecular complexity index is 739. The lowest BCUT2D eigenvalue weighted by atomic mass is 9.93. The van der Waals surface area contributed by atoms with Crippen molar-refractivity contribution in [2.75, 3.05) is 23.9 Å². The van der Waals surface area contributed by atoms with Gasteiger partial charge in [-0.1, -0.05) is 69.4 Å². The molecular formula is C28H38N2. The van der Waals surface area contributed by atoms with Crippen LogP contribution in [0.5, 0.6) is 0 Å². The summed E-state index contributed by atoms with van der Waals surface area (Å²) in [6.07, 6.45) is 13.6. The van der Waals surface area contributed by atoms with Crippen molar-refractivity contribution in [1.29, 1.82) is 0 Å². The van der Waals surface area contributed by atoms with Gasteiger partial charge in [-0.05, 0) is 66.6 Å². The van der Waals surface area contributed by atoms with Gasteiger partial charge >= 0.3 is 0 Å². The fraction of sp³-hybridized carbons (Fsp3) is 0.500. The molecule has 2 aliphatic carbocycles. The largest absolute Gasteiger partial charge is 0.372 e. The van der Waals surface area contributed by atoms with Crippen molar-refractivity contribution in [2.24, 2.45) is 0 Å². The first-order chi connectivity index (χ1) is 14.6. The summed E-state index contributed by atoms with van der Waals surface area (Å²) in [6.45, 7) is 4.40. The summed E-state index contributed by atoms with van der Waals surface area (Å²) in [5.41, 5.74) is 6.17. The van der Waals surface area contributed by atoms with Crippen molar-refractivity contribution < 1.29 is 0 Å². The van der Waals surface area contributed by atoms with E-state index < -0.39 is 0 Å². The second kappa shape index (κ2) is 9.73. The van der Waals surface area contributed by atoms with Crippen LogP contribution in [0.25, 0.3) is 5.57 Å². The highest BCUT2D eigenvalue weighted by Crippen LogP contribution is 2.30. The molecule has 0 saturated heterocycles. The van der Waals surface area contributed by atoms with Crippen molar-refractivity contribution in [1.82, 2.24) is 0 Å². The van der Waals surface area contributed by atoms with Crippen LogP contribution in [0.3, 0.4) is 0 Å². The second-order valence-corrected chi connectivity index (χ2v) is 9.38. The van der Waals surface area contributed by atoms with Crippen LogP contribution >= 0.6 is 0 Å². The van der Waals surface area contributed by atoms with E-state index in [1.807, 2.05) is 0 Å². The van der Waals surface area contributed by atoms with Crippen LogP contribution in [-0.4, -0.2) is 26.2 Å². The van der Waals surface area contributed by atoms with Crippen LogP contribution in [0, 0.1) is 0 Å². The Morgan fingerprint density at radius 2 is 0.933 bits per heavy atom. The Hall–Kier alpha value is -2.22. The topological polar surface area (TPSA) is 6.48 Å². The molecule has 2 fully saturated rings. The van der Waals surface area contributed by atoms with Gasteiger partial charge < -0.3 is 9.80 Å². The van der Waals surface area contributed by atoms with Crippen molar-refractivity contribution in [3.63, 3.8) is 0 Å². The zero-order chi connectivity index (χ0) is 20.9. The van der Waals surface area contributed by atoms with Gasteiger partial charge in [0, 0.05) is 37.6 Å². The summed E-state index contributed by atoms with van der Waals surface area (Å²) in [5.74, 6) is 0. The summed E-state index contributed by atoms with van der Waals surface area (Å²) in [5, 5.41) is 0. The molecule has 0 heterocycles. The molecule has 2 aliphatic rings. The van der Waals surface area contributed by atoms with Gasteiger partial charge in [-0.2, -0.15) is 0 Å². The molecular weight excluding hydrogens is 364 g/mol. The third kappa shape index (κ3) is 4.74. The highest BCUT2D eigenvalue weighted by atomic mass is 15.1. The standard InChI is InChI=1S/C28H38N2/c1-22(23-14-18-27(19-15-23)29(2)25-10-6-4-7-11-25)24-16-20-28(21-17-24)30(3)26-12-8-5-9-13-26/h14-21,25-26H,1,4-13H2,2-3H3. The lowest BCUT2D eigenvalue weighted by molar-refractivity contribution is 0.427. The lowest BCUT2D eigenvalue weighted by Gasteiger charge is -2.33. The van der Waals surface area contributed by atoms with E-state index in [0.717, 1.165) is 5.57 Å². The average molecular weight is 403 g/mol. The molecule has 0 bridgehead atoms. The molecule has 160 valence electrons. The minimum atomic E-state index is 0.696. The predicted molar refractivity (Wildman–Crippen MR) is 132 cm³/mol. The van der Waals surface area contributed by atoms with E-state index in [1.165, 1.54) is 86.7 Å². The minimum absolute atomic E-state index is 0.696. The highest BCUT2D eigenvalue weighted by molar-refractivity contribution is 5.79. The first kappa shape index (κ1) is 21.0. The Morgan fingerprint density at radius 1 is 0.600 bits per heavy atom. The van der Waals surface area contributed by atoms with E-state index in [9.17, 15) is 0 Å². The van der Waals surface area contributed by atoms with E-state index in [4.69, 9.17) is 0 Å². The van der Waals surface area contributed by atoms with Gasteiger partial charge in [-0.25, -0.2) is 0 Å². The number of benzene rings is 2. The SMILES string of the molecule is C=C(c1ccc(N(C)C2CCCCC2)cc1)c1ccc(N(C)C2CCCCC2)cc1. The fourth-order valence-corrected chi connectivity index (χ4v) is 5.32. The zero-order valence-electron chi connectivity index (χ0n) is 18.9. The maximum absolute atomic E-state index is 4.40. The van der Waals surface area contributed by atoms with Crippen LogP contribution in [0.2, 0.25) is 0 Å². The Labute approximate surface area is 183 Å². The molecule has 2 saturated carbocycles. The average Bonchev–Trinajstić information content (AvgIpc) is 2.84. The summed E-state index contributed by atoms with van der Waals surface area (Å²) in [4.78, 5) is 4.95. The second-order valence-electron chi connectivity index (χ2n) is 9.38. The van der Waals surface area contributed by atoms with Gasteiger partial charge in [0.05, 0.1) is 0 Å². The number of nitrogens with zero attached hydrogens (tertiary/aromatic N) is 2. The van der Waals surface area contributed by atoms with E-state index in [2.05, 4.69) is 79.0 Å². The fourth-order valence-electron chi connectivity index (χ4n) is 5.32. The Balaban J connectivity index is 1.41. The molecule has 2 aromatic rings. The van der Waals surface area contributed by atoms with Gasteiger partial charge in [0.25, 0.3) is 0 Å². The smallest absolute Gasteiger partial charge is 0.0366 e. The van der Waals surface area contributed by atoms with Crippen LogP contribution in [0.4, 0.5) is 11.4 Å². The normalized spacial score (nSPS) is 18.2. The van der Waals surface area contributed by atoms with Gasteiger partial charge in [0.15, 0.2) is 0 Å². The van der Waals surface area contributed by atoms with Crippen molar-refractivity contribution in [3.05, 3.63) is 66.2 Å². The van der Waals surface area contributed by atoms with E-state index >= 15 is 0 Å². The van der Waals surface area contributed by atoms with Crippen LogP contribution in [-0.2, 0) is 0 Å². The minimum Gasteiger partial charge on any atom is -0.372 e. The highest BCUT2D eigenvalue weighted by Gasteiger charge is 2.19. The van der Waals surface area contributed by atoms with Gasteiger partial charge in [-0.15, -0.1) is 0 Å². The number of hydrogen-bond acceptors (Lipinski definition) is 2. The van der Waals surface area contributed by atoms with Gasteiger partial charge in [-0.3, -0.25) is 0 Å². The Kier molecular flexibility index (Phi) is 6.82. The van der Waals surface area contributed by atoms with Gasteiger partial charge in [0.2, 0.25) is 0 Å².